The maximum atomic E-state index is 12.4. The molecule has 8 heteroatoms. The van der Waals surface area contributed by atoms with Crippen LogP contribution in [0.1, 0.15) is 25.1 Å². The standard InChI is InChI=1S/C13H21N5OS.ClH/c1-10-15-13(20-16-10)18-7-3-6-17(8-9-18)12(19)11-4-2-5-14-11;/h11,14H,2-9H2,1H3;1H. The van der Waals surface area contributed by atoms with Gasteiger partial charge in [-0.1, -0.05) is 0 Å². The minimum Gasteiger partial charge on any atom is -0.345 e. The van der Waals surface area contributed by atoms with Crippen molar-refractivity contribution < 1.29 is 4.79 Å². The average Bonchev–Trinajstić information content (AvgIpc) is 3.05. The molecule has 118 valence electrons. The number of amides is 1. The van der Waals surface area contributed by atoms with Crippen LogP contribution in [-0.4, -0.2) is 58.9 Å². The van der Waals surface area contributed by atoms with Crippen LogP contribution in [-0.2, 0) is 4.79 Å². The number of anilines is 1. The van der Waals surface area contributed by atoms with Crippen LogP contribution in [0.5, 0.6) is 0 Å². The largest absolute Gasteiger partial charge is 0.345 e. The summed E-state index contributed by atoms with van der Waals surface area (Å²) < 4.78 is 4.24. The number of hydrogen-bond acceptors (Lipinski definition) is 6. The molecular weight excluding hydrogens is 310 g/mol. The second-order valence-electron chi connectivity index (χ2n) is 5.44. The van der Waals surface area contributed by atoms with Crippen LogP contribution in [0, 0.1) is 6.92 Å². The number of aromatic nitrogens is 2. The molecule has 2 saturated heterocycles. The third-order valence-corrected chi connectivity index (χ3v) is 4.82. The Hall–Kier alpha value is -0.920. The highest BCUT2D eigenvalue weighted by Gasteiger charge is 2.28. The van der Waals surface area contributed by atoms with E-state index in [4.69, 9.17) is 0 Å². The van der Waals surface area contributed by atoms with Gasteiger partial charge >= 0.3 is 0 Å². The first-order valence-electron chi connectivity index (χ1n) is 7.31. The van der Waals surface area contributed by atoms with E-state index in [1.54, 1.807) is 0 Å². The Bertz CT molecular complexity index is 477. The molecule has 21 heavy (non-hydrogen) atoms. The third kappa shape index (κ3) is 3.84. The van der Waals surface area contributed by atoms with Crippen LogP contribution in [0.4, 0.5) is 5.13 Å². The van der Waals surface area contributed by atoms with Gasteiger partial charge in [0.15, 0.2) is 0 Å². The predicted molar refractivity (Wildman–Crippen MR) is 86.3 cm³/mol. The molecule has 1 N–H and O–H groups in total. The predicted octanol–water partition coefficient (Wildman–Crippen LogP) is 1.06. The van der Waals surface area contributed by atoms with E-state index in [0.717, 1.165) is 62.9 Å². The molecule has 0 radical (unpaired) electrons. The number of hydrogen-bond donors (Lipinski definition) is 1. The summed E-state index contributed by atoms with van der Waals surface area (Å²) >= 11 is 1.45. The lowest BCUT2D eigenvalue weighted by atomic mass is 10.2. The monoisotopic (exact) mass is 331 g/mol. The molecule has 1 aromatic rings. The normalized spacial score (nSPS) is 22.8. The zero-order valence-electron chi connectivity index (χ0n) is 12.2. The van der Waals surface area contributed by atoms with Gasteiger partial charge in [-0.15, -0.1) is 12.4 Å². The highest BCUT2D eigenvalue weighted by molar-refractivity contribution is 7.09. The number of nitrogens with zero attached hydrogens (tertiary/aromatic N) is 4. The van der Waals surface area contributed by atoms with Crippen molar-refractivity contribution in [1.82, 2.24) is 19.6 Å². The van der Waals surface area contributed by atoms with Crippen LogP contribution in [0.25, 0.3) is 0 Å². The molecule has 3 rings (SSSR count). The minimum absolute atomic E-state index is 0. The third-order valence-electron chi connectivity index (χ3n) is 3.95. The molecule has 0 aliphatic carbocycles. The summed E-state index contributed by atoms with van der Waals surface area (Å²) in [5.41, 5.74) is 0. The van der Waals surface area contributed by atoms with Crippen LogP contribution >= 0.6 is 23.9 Å². The molecule has 2 fully saturated rings. The van der Waals surface area contributed by atoms with E-state index in [2.05, 4.69) is 19.6 Å². The highest BCUT2D eigenvalue weighted by Crippen LogP contribution is 2.19. The van der Waals surface area contributed by atoms with Gasteiger partial charge in [-0.05, 0) is 32.7 Å². The SMILES string of the molecule is Cc1nsc(N2CCCN(C(=O)C3CCCN3)CC2)n1.Cl. The quantitative estimate of drug-likeness (QED) is 0.878. The molecule has 0 spiro atoms. The Balaban J connectivity index is 0.00000161. The summed E-state index contributed by atoms with van der Waals surface area (Å²) in [6.07, 6.45) is 3.09. The fourth-order valence-electron chi connectivity index (χ4n) is 2.86. The Morgan fingerprint density at radius 2 is 2.14 bits per heavy atom. The van der Waals surface area contributed by atoms with Crippen molar-refractivity contribution in [3.05, 3.63) is 5.82 Å². The number of nitrogens with one attached hydrogen (secondary N) is 1. The van der Waals surface area contributed by atoms with Crippen molar-refractivity contribution in [3.63, 3.8) is 0 Å². The fraction of sp³-hybridized carbons (Fsp3) is 0.769. The zero-order valence-corrected chi connectivity index (χ0v) is 13.9. The first kappa shape index (κ1) is 16.5. The van der Waals surface area contributed by atoms with Crippen molar-refractivity contribution in [3.8, 4) is 0 Å². The van der Waals surface area contributed by atoms with Crippen molar-refractivity contribution in [2.24, 2.45) is 0 Å². The molecule has 1 amide bonds. The van der Waals surface area contributed by atoms with Gasteiger partial charge in [-0.25, -0.2) is 4.98 Å². The molecule has 2 aliphatic rings. The van der Waals surface area contributed by atoms with Crippen molar-refractivity contribution in [1.29, 1.82) is 0 Å². The van der Waals surface area contributed by atoms with Crippen molar-refractivity contribution >= 4 is 35.0 Å². The first-order chi connectivity index (χ1) is 9.74. The van der Waals surface area contributed by atoms with Crippen molar-refractivity contribution in [2.45, 2.75) is 32.2 Å². The Morgan fingerprint density at radius 1 is 1.29 bits per heavy atom. The van der Waals surface area contributed by atoms with E-state index in [1.807, 2.05) is 11.8 Å². The topological polar surface area (TPSA) is 61.4 Å². The van der Waals surface area contributed by atoms with Gasteiger partial charge in [0.05, 0.1) is 6.04 Å². The lowest BCUT2D eigenvalue weighted by Crippen LogP contribution is -2.45. The smallest absolute Gasteiger partial charge is 0.239 e. The maximum absolute atomic E-state index is 12.4. The van der Waals surface area contributed by atoms with E-state index in [0.29, 0.717) is 0 Å². The highest BCUT2D eigenvalue weighted by atomic mass is 35.5. The van der Waals surface area contributed by atoms with Crippen LogP contribution in [0.2, 0.25) is 0 Å². The number of carbonyl (C=O) groups is 1. The van der Waals surface area contributed by atoms with Gasteiger partial charge < -0.3 is 15.1 Å². The molecule has 2 aliphatic heterocycles. The number of rotatable bonds is 2. The second-order valence-corrected chi connectivity index (χ2v) is 6.17. The molecule has 0 bridgehead atoms. The van der Waals surface area contributed by atoms with E-state index in [9.17, 15) is 4.79 Å². The Labute approximate surface area is 135 Å². The van der Waals surface area contributed by atoms with E-state index in [1.165, 1.54) is 11.5 Å². The molecule has 0 saturated carbocycles. The van der Waals surface area contributed by atoms with Gasteiger partial charge in [0, 0.05) is 37.7 Å². The van der Waals surface area contributed by atoms with Crippen molar-refractivity contribution in [2.75, 3.05) is 37.6 Å². The zero-order chi connectivity index (χ0) is 13.9. The van der Waals surface area contributed by atoms with Crippen LogP contribution in [0.3, 0.4) is 0 Å². The summed E-state index contributed by atoms with van der Waals surface area (Å²) in [6, 6.07) is 0.0466. The number of halogens is 1. The van der Waals surface area contributed by atoms with E-state index < -0.39 is 0 Å². The molecule has 1 aromatic heterocycles. The first-order valence-corrected chi connectivity index (χ1v) is 8.09. The number of carbonyl (C=O) groups excluding carboxylic acids is 1. The van der Waals surface area contributed by atoms with Gasteiger partial charge in [0.1, 0.15) is 5.82 Å². The Kier molecular flexibility index (Phi) is 5.78. The number of aryl methyl sites for hydroxylation is 1. The molecule has 6 nitrogen and oxygen atoms in total. The Morgan fingerprint density at radius 3 is 2.81 bits per heavy atom. The van der Waals surface area contributed by atoms with E-state index >= 15 is 0 Å². The molecule has 0 aromatic carbocycles. The van der Waals surface area contributed by atoms with E-state index in [-0.39, 0.29) is 24.4 Å². The maximum Gasteiger partial charge on any atom is 0.239 e. The molecule has 3 heterocycles. The average molecular weight is 332 g/mol. The summed E-state index contributed by atoms with van der Waals surface area (Å²) in [7, 11) is 0. The molecule has 1 atom stereocenters. The molecular formula is C13H22ClN5OS. The van der Waals surface area contributed by atoms with Gasteiger partial charge in [0.25, 0.3) is 0 Å². The van der Waals surface area contributed by atoms with Gasteiger partial charge in [-0.3, -0.25) is 4.79 Å². The summed E-state index contributed by atoms with van der Waals surface area (Å²) in [6.45, 7) is 6.34. The summed E-state index contributed by atoms with van der Waals surface area (Å²) in [5.74, 6) is 1.11. The van der Waals surface area contributed by atoms with Gasteiger partial charge in [0.2, 0.25) is 11.0 Å². The summed E-state index contributed by atoms with van der Waals surface area (Å²) in [5, 5.41) is 4.28. The van der Waals surface area contributed by atoms with Crippen LogP contribution < -0.4 is 10.2 Å². The second kappa shape index (κ2) is 7.38. The van der Waals surface area contributed by atoms with Crippen LogP contribution in [0.15, 0.2) is 0 Å². The lowest BCUT2D eigenvalue weighted by molar-refractivity contribution is -0.132. The molecule has 1 unspecified atom stereocenters. The van der Waals surface area contributed by atoms with Gasteiger partial charge in [-0.2, -0.15) is 4.37 Å². The lowest BCUT2D eigenvalue weighted by Gasteiger charge is -2.24. The summed E-state index contributed by atoms with van der Waals surface area (Å²) in [4.78, 5) is 21.1. The fourth-order valence-corrected chi connectivity index (χ4v) is 3.58. The minimum atomic E-state index is 0.